The Hall–Kier alpha value is -4.06. The van der Waals surface area contributed by atoms with Gasteiger partial charge in [0.2, 0.25) is 5.91 Å². The smallest absolute Gasteiger partial charge is 0.246 e. The molecule has 1 aliphatic rings. The first-order chi connectivity index (χ1) is 18.1. The minimum absolute atomic E-state index is 0.0404. The second-order valence-corrected chi connectivity index (χ2v) is 9.64. The largest absolute Gasteiger partial charge is 0.337 e. The fourth-order valence-electron chi connectivity index (χ4n) is 5.18. The van der Waals surface area contributed by atoms with Crippen LogP contribution in [0.15, 0.2) is 79.6 Å². The van der Waals surface area contributed by atoms with Gasteiger partial charge < -0.3 is 4.90 Å². The summed E-state index contributed by atoms with van der Waals surface area (Å²) in [6.45, 7) is 7.13. The van der Waals surface area contributed by atoms with Crippen LogP contribution in [0.2, 0.25) is 0 Å². The van der Waals surface area contributed by atoms with Crippen molar-refractivity contribution in [2.75, 3.05) is 13.1 Å². The SMILES string of the molecule is C=CC(=O)N1CCC[C@@H](n2nc(-c3ccc(C(=O)CCc4cccc(CC)c4)cc3)c3cnccc32)C1. The first-order valence-electron chi connectivity index (χ1n) is 13.0. The summed E-state index contributed by atoms with van der Waals surface area (Å²) in [5, 5.41) is 5.96. The van der Waals surface area contributed by atoms with Gasteiger partial charge in [0.05, 0.1) is 11.6 Å². The van der Waals surface area contributed by atoms with Gasteiger partial charge >= 0.3 is 0 Å². The number of hydrogen-bond acceptors (Lipinski definition) is 4. The molecule has 6 nitrogen and oxygen atoms in total. The van der Waals surface area contributed by atoms with Crippen LogP contribution >= 0.6 is 0 Å². The molecule has 1 fully saturated rings. The van der Waals surface area contributed by atoms with Crippen molar-refractivity contribution in [2.45, 2.75) is 45.1 Å². The van der Waals surface area contributed by atoms with E-state index in [0.717, 1.165) is 54.4 Å². The Kier molecular flexibility index (Phi) is 7.26. The molecule has 2 aromatic carbocycles. The summed E-state index contributed by atoms with van der Waals surface area (Å²) in [4.78, 5) is 31.3. The van der Waals surface area contributed by atoms with E-state index in [9.17, 15) is 9.59 Å². The zero-order valence-corrected chi connectivity index (χ0v) is 21.3. The fraction of sp³-hybridized carbons (Fsp3) is 0.290. The Morgan fingerprint density at radius 2 is 1.92 bits per heavy atom. The maximum absolute atomic E-state index is 12.9. The van der Waals surface area contributed by atoms with Crippen LogP contribution in [0.25, 0.3) is 22.2 Å². The van der Waals surface area contributed by atoms with Gasteiger partial charge in [0.15, 0.2) is 5.78 Å². The molecule has 2 aromatic heterocycles. The molecule has 0 N–H and O–H groups in total. The Balaban J connectivity index is 1.36. The lowest BCUT2D eigenvalue weighted by molar-refractivity contribution is -0.127. The number of rotatable bonds is 8. The number of likely N-dealkylation sites (tertiary alicyclic amines) is 1. The standard InChI is InChI=1S/C31H32N4O2/c1-3-22-7-5-8-23(19-22)10-15-29(36)24-11-13-25(14-12-24)31-27-20-32-17-16-28(27)35(33-31)26-9-6-18-34(21-26)30(37)4-2/h4-5,7-8,11-14,16-17,19-20,26H,2-3,6,9-10,15,18,21H2,1H3/t26-/m1/s1. The number of piperidine rings is 1. The van der Waals surface area contributed by atoms with E-state index in [4.69, 9.17) is 5.10 Å². The highest BCUT2D eigenvalue weighted by Gasteiger charge is 2.26. The van der Waals surface area contributed by atoms with E-state index in [1.54, 1.807) is 6.20 Å². The number of aryl methyl sites for hydroxylation is 2. The third-order valence-electron chi connectivity index (χ3n) is 7.26. The number of Topliss-reactive ketones (excluding diaryl/α,β-unsaturated/α-hetero) is 1. The molecule has 1 atom stereocenters. The highest BCUT2D eigenvalue weighted by atomic mass is 16.2. The zero-order valence-electron chi connectivity index (χ0n) is 21.3. The predicted octanol–water partition coefficient (Wildman–Crippen LogP) is 5.83. The number of benzene rings is 2. The van der Waals surface area contributed by atoms with Gasteiger partial charge in [0.25, 0.3) is 0 Å². The lowest BCUT2D eigenvalue weighted by atomic mass is 9.99. The van der Waals surface area contributed by atoms with Crippen molar-refractivity contribution in [3.05, 3.63) is 96.3 Å². The van der Waals surface area contributed by atoms with Gasteiger partial charge in [-0.15, -0.1) is 0 Å². The molecule has 1 saturated heterocycles. The van der Waals surface area contributed by atoms with E-state index in [0.29, 0.717) is 18.5 Å². The Bertz CT molecular complexity index is 1440. The van der Waals surface area contributed by atoms with Gasteiger partial charge in [-0.1, -0.05) is 62.0 Å². The van der Waals surface area contributed by atoms with Crippen LogP contribution in [0.4, 0.5) is 0 Å². The number of amides is 1. The number of carbonyl (C=O) groups is 2. The zero-order chi connectivity index (χ0) is 25.8. The quantitative estimate of drug-likeness (QED) is 0.229. The molecule has 0 radical (unpaired) electrons. The van der Waals surface area contributed by atoms with E-state index >= 15 is 0 Å². The lowest BCUT2D eigenvalue weighted by Crippen LogP contribution is -2.40. The van der Waals surface area contributed by atoms with Crippen molar-refractivity contribution in [3.8, 4) is 11.3 Å². The summed E-state index contributed by atoms with van der Waals surface area (Å²) in [6.07, 6.45) is 9.08. The van der Waals surface area contributed by atoms with Crippen molar-refractivity contribution in [1.82, 2.24) is 19.7 Å². The number of carbonyl (C=O) groups excluding carboxylic acids is 2. The second kappa shape index (κ2) is 10.9. The topological polar surface area (TPSA) is 68.1 Å². The predicted molar refractivity (Wildman–Crippen MR) is 146 cm³/mol. The molecular weight excluding hydrogens is 460 g/mol. The number of hydrogen-bond donors (Lipinski definition) is 0. The molecule has 0 unspecified atom stereocenters. The van der Waals surface area contributed by atoms with Crippen LogP contribution in [-0.4, -0.2) is 44.4 Å². The molecule has 4 aromatic rings. The van der Waals surface area contributed by atoms with Crippen LogP contribution in [0.5, 0.6) is 0 Å². The third-order valence-corrected chi connectivity index (χ3v) is 7.26. The molecule has 0 bridgehead atoms. The molecule has 3 heterocycles. The molecule has 37 heavy (non-hydrogen) atoms. The van der Waals surface area contributed by atoms with Gasteiger partial charge in [-0.05, 0) is 49.0 Å². The van der Waals surface area contributed by atoms with E-state index in [1.165, 1.54) is 17.2 Å². The normalized spacial score (nSPS) is 15.6. The average molecular weight is 493 g/mol. The summed E-state index contributed by atoms with van der Waals surface area (Å²) >= 11 is 0. The van der Waals surface area contributed by atoms with Crippen LogP contribution in [0.1, 0.15) is 53.7 Å². The molecule has 1 aliphatic heterocycles. The molecule has 0 aliphatic carbocycles. The third kappa shape index (κ3) is 5.24. The van der Waals surface area contributed by atoms with E-state index < -0.39 is 0 Å². The molecule has 0 spiro atoms. The van der Waals surface area contributed by atoms with Crippen molar-refractivity contribution in [2.24, 2.45) is 0 Å². The van der Waals surface area contributed by atoms with Crippen LogP contribution in [0, 0.1) is 0 Å². The number of ketones is 1. The first kappa shape index (κ1) is 24.6. The van der Waals surface area contributed by atoms with Crippen LogP contribution < -0.4 is 0 Å². The minimum Gasteiger partial charge on any atom is -0.337 e. The van der Waals surface area contributed by atoms with Gasteiger partial charge in [0.1, 0.15) is 5.69 Å². The van der Waals surface area contributed by atoms with Crippen molar-refractivity contribution in [1.29, 1.82) is 0 Å². The van der Waals surface area contributed by atoms with E-state index in [-0.39, 0.29) is 17.7 Å². The monoisotopic (exact) mass is 492 g/mol. The molecule has 5 rings (SSSR count). The van der Waals surface area contributed by atoms with Crippen LogP contribution in [-0.2, 0) is 17.6 Å². The van der Waals surface area contributed by atoms with Gasteiger partial charge in [-0.25, -0.2) is 0 Å². The Morgan fingerprint density at radius 1 is 1.11 bits per heavy atom. The molecular formula is C31H32N4O2. The average Bonchev–Trinajstić information content (AvgIpc) is 3.35. The maximum Gasteiger partial charge on any atom is 0.246 e. The van der Waals surface area contributed by atoms with E-state index in [1.807, 2.05) is 46.1 Å². The number of aromatic nitrogens is 3. The number of fused-ring (bicyclic) bond motifs is 1. The second-order valence-electron chi connectivity index (χ2n) is 9.64. The number of nitrogens with zero attached hydrogens (tertiary/aromatic N) is 4. The molecule has 6 heteroatoms. The Morgan fingerprint density at radius 3 is 2.70 bits per heavy atom. The van der Waals surface area contributed by atoms with E-state index in [2.05, 4.69) is 42.8 Å². The van der Waals surface area contributed by atoms with Gasteiger partial charge in [-0.3, -0.25) is 19.3 Å². The fourth-order valence-corrected chi connectivity index (χ4v) is 5.18. The first-order valence-corrected chi connectivity index (χ1v) is 13.0. The van der Waals surface area contributed by atoms with Crippen molar-refractivity contribution in [3.63, 3.8) is 0 Å². The van der Waals surface area contributed by atoms with Crippen molar-refractivity contribution >= 4 is 22.6 Å². The lowest BCUT2D eigenvalue weighted by Gasteiger charge is -2.32. The highest BCUT2D eigenvalue weighted by molar-refractivity contribution is 5.98. The van der Waals surface area contributed by atoms with Crippen LogP contribution in [0.3, 0.4) is 0 Å². The van der Waals surface area contributed by atoms with Gasteiger partial charge in [-0.2, -0.15) is 5.10 Å². The summed E-state index contributed by atoms with van der Waals surface area (Å²) in [5.41, 5.74) is 5.98. The number of pyridine rings is 1. The highest BCUT2D eigenvalue weighted by Crippen LogP contribution is 2.32. The van der Waals surface area contributed by atoms with Gasteiger partial charge in [0, 0.05) is 48.4 Å². The molecule has 0 saturated carbocycles. The molecule has 1 amide bonds. The summed E-state index contributed by atoms with van der Waals surface area (Å²) in [5.74, 6) is 0.0982. The van der Waals surface area contributed by atoms with Crippen molar-refractivity contribution < 1.29 is 9.59 Å². The summed E-state index contributed by atoms with van der Waals surface area (Å²) in [7, 11) is 0. The minimum atomic E-state index is -0.0404. The molecule has 188 valence electrons. The summed E-state index contributed by atoms with van der Waals surface area (Å²) in [6, 6.07) is 18.3. The Labute approximate surface area is 217 Å². The maximum atomic E-state index is 12.9. The summed E-state index contributed by atoms with van der Waals surface area (Å²) < 4.78 is 2.04.